The molecule has 0 radical (unpaired) electrons. The third kappa shape index (κ3) is 4.03. The molecule has 146 valence electrons. The van der Waals surface area contributed by atoms with E-state index >= 15 is 0 Å². The Morgan fingerprint density at radius 2 is 1.64 bits per heavy atom. The molecule has 2 aliphatic heterocycles. The van der Waals surface area contributed by atoms with E-state index in [9.17, 15) is 14.7 Å². The van der Waals surface area contributed by atoms with Crippen molar-refractivity contribution in [3.63, 3.8) is 0 Å². The second kappa shape index (κ2) is 8.05. The van der Waals surface area contributed by atoms with Gasteiger partial charge in [-0.2, -0.15) is 0 Å². The van der Waals surface area contributed by atoms with Gasteiger partial charge in [-0.1, -0.05) is 24.3 Å². The summed E-state index contributed by atoms with van der Waals surface area (Å²) < 4.78 is 0. The second-order valence-corrected chi connectivity index (χ2v) is 7.77. The molecule has 1 N–H and O–H groups in total. The first-order valence-electron chi connectivity index (χ1n) is 10.0. The molecular weight excluding hydrogens is 352 g/mol. The number of phenolic OH excluding ortho intramolecular Hbond substituents is 1. The first-order chi connectivity index (χ1) is 13.6. The average Bonchev–Trinajstić information content (AvgIpc) is 3.13. The first-order valence-corrected chi connectivity index (χ1v) is 10.0. The van der Waals surface area contributed by atoms with Crippen LogP contribution in [-0.2, 0) is 11.3 Å². The van der Waals surface area contributed by atoms with E-state index in [-0.39, 0.29) is 17.6 Å². The molecule has 0 saturated carbocycles. The summed E-state index contributed by atoms with van der Waals surface area (Å²) in [5.41, 5.74) is 3.00. The molecule has 0 atom stereocenters. The number of carbonyl (C=O) groups is 2. The molecule has 2 fully saturated rings. The van der Waals surface area contributed by atoms with Crippen LogP contribution < -0.4 is 0 Å². The zero-order chi connectivity index (χ0) is 19.5. The summed E-state index contributed by atoms with van der Waals surface area (Å²) in [6.45, 7) is 2.95. The van der Waals surface area contributed by atoms with Gasteiger partial charge in [-0.15, -0.1) is 0 Å². The molecule has 2 heterocycles. The first kappa shape index (κ1) is 18.5. The number of carbonyl (C=O) groups excluding carboxylic acids is 2. The molecule has 0 aliphatic carbocycles. The van der Waals surface area contributed by atoms with Crippen molar-refractivity contribution >= 4 is 11.8 Å². The van der Waals surface area contributed by atoms with Crippen molar-refractivity contribution < 1.29 is 14.7 Å². The fourth-order valence-corrected chi connectivity index (χ4v) is 4.19. The summed E-state index contributed by atoms with van der Waals surface area (Å²) in [6.07, 6.45) is 3.46. The maximum absolute atomic E-state index is 12.8. The van der Waals surface area contributed by atoms with Crippen molar-refractivity contribution in [1.82, 2.24) is 9.80 Å². The van der Waals surface area contributed by atoms with Crippen molar-refractivity contribution in [2.24, 2.45) is 0 Å². The summed E-state index contributed by atoms with van der Waals surface area (Å²) in [5, 5.41) is 9.44. The highest BCUT2D eigenvalue weighted by Crippen LogP contribution is 2.29. The number of nitrogens with zero attached hydrogens (tertiary/aromatic N) is 2. The molecule has 2 saturated heterocycles. The van der Waals surface area contributed by atoms with E-state index < -0.39 is 0 Å². The molecule has 5 heteroatoms. The Morgan fingerprint density at radius 3 is 2.25 bits per heavy atom. The summed E-state index contributed by atoms with van der Waals surface area (Å²) in [5.74, 6) is 1.02. The highest BCUT2D eigenvalue weighted by Gasteiger charge is 2.25. The van der Waals surface area contributed by atoms with Crippen LogP contribution in [0.1, 0.15) is 53.1 Å². The topological polar surface area (TPSA) is 60.9 Å². The number of piperidine rings is 1. The summed E-state index contributed by atoms with van der Waals surface area (Å²) in [7, 11) is 0. The Bertz CT molecular complexity index is 837. The van der Waals surface area contributed by atoms with Crippen LogP contribution in [0.15, 0.2) is 48.5 Å². The van der Waals surface area contributed by atoms with Crippen molar-refractivity contribution in [3.8, 4) is 5.75 Å². The Kier molecular flexibility index (Phi) is 5.33. The van der Waals surface area contributed by atoms with Crippen LogP contribution in [0, 0.1) is 0 Å². The fourth-order valence-electron chi connectivity index (χ4n) is 4.19. The molecule has 4 rings (SSSR count). The molecule has 0 bridgehead atoms. The van der Waals surface area contributed by atoms with Gasteiger partial charge in [0.2, 0.25) is 5.91 Å². The van der Waals surface area contributed by atoms with Crippen molar-refractivity contribution in [2.45, 2.75) is 38.1 Å². The predicted octanol–water partition coefficient (Wildman–Crippen LogP) is 3.53. The van der Waals surface area contributed by atoms with E-state index in [0.29, 0.717) is 24.4 Å². The molecule has 28 heavy (non-hydrogen) atoms. The van der Waals surface area contributed by atoms with Gasteiger partial charge in [-0.25, -0.2) is 0 Å². The lowest BCUT2D eigenvalue weighted by Crippen LogP contribution is -2.37. The van der Waals surface area contributed by atoms with Gasteiger partial charge in [0.25, 0.3) is 5.91 Å². The number of rotatable bonds is 4. The number of likely N-dealkylation sites (tertiary alicyclic amines) is 2. The van der Waals surface area contributed by atoms with Crippen molar-refractivity contribution in [1.29, 1.82) is 0 Å². The highest BCUT2D eigenvalue weighted by atomic mass is 16.3. The lowest BCUT2D eigenvalue weighted by Gasteiger charge is -2.32. The van der Waals surface area contributed by atoms with E-state index in [0.717, 1.165) is 44.5 Å². The van der Waals surface area contributed by atoms with Gasteiger partial charge in [-0.3, -0.25) is 9.59 Å². The van der Waals surface area contributed by atoms with Gasteiger partial charge in [0.05, 0.1) is 0 Å². The molecule has 5 nitrogen and oxygen atoms in total. The SMILES string of the molecule is O=C1CCCN1Cc1ccc(C(=O)N2CCC(c3ccc(O)cc3)CC2)cc1. The largest absolute Gasteiger partial charge is 0.508 e. The number of aromatic hydroxyl groups is 1. The van der Waals surface area contributed by atoms with Crippen LogP contribution in [0.4, 0.5) is 0 Å². The molecule has 0 unspecified atom stereocenters. The lowest BCUT2D eigenvalue weighted by atomic mass is 9.89. The normalized spacial score (nSPS) is 17.9. The van der Waals surface area contributed by atoms with E-state index in [1.165, 1.54) is 5.56 Å². The fraction of sp³-hybridized carbons (Fsp3) is 0.391. The average molecular weight is 378 g/mol. The van der Waals surface area contributed by atoms with Gasteiger partial charge in [0, 0.05) is 38.2 Å². The number of phenols is 1. The van der Waals surface area contributed by atoms with E-state index in [1.54, 1.807) is 12.1 Å². The van der Waals surface area contributed by atoms with Crippen LogP contribution in [-0.4, -0.2) is 46.4 Å². The predicted molar refractivity (Wildman–Crippen MR) is 107 cm³/mol. The Hall–Kier alpha value is -2.82. The number of hydrogen-bond acceptors (Lipinski definition) is 3. The molecule has 2 aliphatic rings. The minimum Gasteiger partial charge on any atom is -0.508 e. The number of amides is 2. The molecule has 0 spiro atoms. The quantitative estimate of drug-likeness (QED) is 0.885. The minimum atomic E-state index is 0.0768. The van der Waals surface area contributed by atoms with Crippen LogP contribution in [0.3, 0.4) is 0 Å². The number of hydrogen-bond donors (Lipinski definition) is 1. The zero-order valence-corrected chi connectivity index (χ0v) is 16.0. The van der Waals surface area contributed by atoms with Crippen LogP contribution in [0.5, 0.6) is 5.75 Å². The molecule has 0 aromatic heterocycles. The van der Waals surface area contributed by atoms with Crippen molar-refractivity contribution in [3.05, 3.63) is 65.2 Å². The van der Waals surface area contributed by atoms with E-state index in [4.69, 9.17) is 0 Å². The summed E-state index contributed by atoms with van der Waals surface area (Å²) >= 11 is 0. The number of benzene rings is 2. The van der Waals surface area contributed by atoms with Gasteiger partial charge >= 0.3 is 0 Å². The van der Waals surface area contributed by atoms with Crippen LogP contribution in [0.25, 0.3) is 0 Å². The van der Waals surface area contributed by atoms with Gasteiger partial charge in [0.1, 0.15) is 5.75 Å². The summed E-state index contributed by atoms with van der Waals surface area (Å²) in [6, 6.07) is 15.1. The third-order valence-corrected chi connectivity index (χ3v) is 5.89. The lowest BCUT2D eigenvalue weighted by molar-refractivity contribution is -0.128. The van der Waals surface area contributed by atoms with Crippen LogP contribution >= 0.6 is 0 Å². The Labute approximate surface area is 165 Å². The van der Waals surface area contributed by atoms with Gasteiger partial charge < -0.3 is 14.9 Å². The molecule has 2 aromatic carbocycles. The van der Waals surface area contributed by atoms with E-state index in [1.807, 2.05) is 46.2 Å². The summed E-state index contributed by atoms with van der Waals surface area (Å²) in [4.78, 5) is 28.4. The van der Waals surface area contributed by atoms with Crippen LogP contribution in [0.2, 0.25) is 0 Å². The standard InChI is InChI=1S/C23H26N2O3/c26-21-9-7-18(8-10-21)19-11-14-24(15-12-19)23(28)20-5-3-17(4-6-20)16-25-13-1-2-22(25)27/h3-10,19,26H,1-2,11-16H2. The minimum absolute atomic E-state index is 0.0768. The zero-order valence-electron chi connectivity index (χ0n) is 16.0. The second-order valence-electron chi connectivity index (χ2n) is 7.77. The molecular formula is C23H26N2O3. The van der Waals surface area contributed by atoms with Gasteiger partial charge in [0.15, 0.2) is 0 Å². The maximum atomic E-state index is 12.8. The maximum Gasteiger partial charge on any atom is 0.253 e. The monoisotopic (exact) mass is 378 g/mol. The highest BCUT2D eigenvalue weighted by molar-refractivity contribution is 5.94. The molecule has 2 amide bonds. The smallest absolute Gasteiger partial charge is 0.253 e. The van der Waals surface area contributed by atoms with E-state index in [2.05, 4.69) is 0 Å². The Morgan fingerprint density at radius 1 is 0.964 bits per heavy atom. The van der Waals surface area contributed by atoms with Gasteiger partial charge in [-0.05, 0) is 60.6 Å². The van der Waals surface area contributed by atoms with Crippen molar-refractivity contribution in [2.75, 3.05) is 19.6 Å². The Balaban J connectivity index is 1.33. The molecule has 2 aromatic rings. The third-order valence-electron chi connectivity index (χ3n) is 5.89.